The Kier molecular flexibility index (Phi) is 3.79. The van der Waals surface area contributed by atoms with Crippen molar-refractivity contribution in [2.24, 2.45) is 0 Å². The second kappa shape index (κ2) is 5.90. The van der Waals surface area contributed by atoms with E-state index in [0.717, 1.165) is 27.6 Å². The summed E-state index contributed by atoms with van der Waals surface area (Å²) in [5, 5.41) is 2.11. The number of hydrogen-bond acceptors (Lipinski definition) is 3. The predicted molar refractivity (Wildman–Crippen MR) is 87.3 cm³/mol. The number of esters is 1. The number of benzene rings is 3. The van der Waals surface area contributed by atoms with Crippen LogP contribution in [0.25, 0.3) is 21.9 Å². The summed E-state index contributed by atoms with van der Waals surface area (Å²) in [6.07, 6.45) is 0. The molecule has 0 heterocycles. The van der Waals surface area contributed by atoms with Crippen LogP contribution in [-0.2, 0) is 4.74 Å². The lowest BCUT2D eigenvalue weighted by Crippen LogP contribution is -2.00. The van der Waals surface area contributed by atoms with E-state index in [2.05, 4.69) is 0 Å². The van der Waals surface area contributed by atoms with Crippen LogP contribution in [0, 0.1) is 0 Å². The highest BCUT2D eigenvalue weighted by Gasteiger charge is 2.09. The Bertz CT molecular complexity index is 820. The van der Waals surface area contributed by atoms with Gasteiger partial charge in [0.05, 0.1) is 19.8 Å². The van der Waals surface area contributed by atoms with Crippen molar-refractivity contribution < 1.29 is 14.3 Å². The molecule has 0 atom stereocenters. The van der Waals surface area contributed by atoms with Crippen molar-refractivity contribution in [2.75, 3.05) is 14.2 Å². The molecule has 0 unspecified atom stereocenters. The molecule has 0 fully saturated rings. The summed E-state index contributed by atoms with van der Waals surface area (Å²) < 4.78 is 10.0. The number of carbonyl (C=O) groups excluding carboxylic acids is 1. The smallest absolute Gasteiger partial charge is 0.337 e. The van der Waals surface area contributed by atoms with Crippen molar-refractivity contribution in [3.63, 3.8) is 0 Å². The standard InChI is InChI=1S/C19H16O3/c1-21-16-10-8-14(9-11-16)17-5-3-4-13-6-7-15(12-18(13)17)19(20)22-2/h3-12H,1-2H3. The van der Waals surface area contributed by atoms with Gasteiger partial charge in [-0.25, -0.2) is 4.79 Å². The first-order chi connectivity index (χ1) is 10.7. The fourth-order valence-corrected chi connectivity index (χ4v) is 2.54. The summed E-state index contributed by atoms with van der Waals surface area (Å²) in [5.41, 5.74) is 2.70. The van der Waals surface area contributed by atoms with Gasteiger partial charge >= 0.3 is 5.97 Å². The molecule has 110 valence electrons. The van der Waals surface area contributed by atoms with Crippen LogP contribution in [0.3, 0.4) is 0 Å². The van der Waals surface area contributed by atoms with Crippen LogP contribution in [0.5, 0.6) is 5.75 Å². The average molecular weight is 292 g/mol. The van der Waals surface area contributed by atoms with Gasteiger partial charge in [-0.3, -0.25) is 0 Å². The largest absolute Gasteiger partial charge is 0.497 e. The van der Waals surface area contributed by atoms with Crippen LogP contribution >= 0.6 is 0 Å². The van der Waals surface area contributed by atoms with Crippen LogP contribution in [-0.4, -0.2) is 20.2 Å². The first-order valence-electron chi connectivity index (χ1n) is 6.98. The molecule has 0 bridgehead atoms. The molecule has 3 heteroatoms. The topological polar surface area (TPSA) is 35.5 Å². The van der Waals surface area contributed by atoms with Gasteiger partial charge in [-0.1, -0.05) is 36.4 Å². The maximum absolute atomic E-state index is 11.7. The molecule has 0 spiro atoms. The molecule has 0 N–H and O–H groups in total. The number of hydrogen-bond donors (Lipinski definition) is 0. The SMILES string of the molecule is COC(=O)c1ccc2cccc(-c3ccc(OC)cc3)c2c1. The minimum Gasteiger partial charge on any atom is -0.497 e. The summed E-state index contributed by atoms with van der Waals surface area (Å²) >= 11 is 0. The zero-order chi connectivity index (χ0) is 15.5. The minimum absolute atomic E-state index is 0.327. The van der Waals surface area contributed by atoms with E-state index in [0.29, 0.717) is 5.56 Å². The van der Waals surface area contributed by atoms with Gasteiger partial charge in [-0.05, 0) is 46.2 Å². The molecule has 0 aliphatic rings. The van der Waals surface area contributed by atoms with E-state index in [9.17, 15) is 4.79 Å². The lowest BCUT2D eigenvalue weighted by molar-refractivity contribution is 0.0601. The second-order valence-corrected chi connectivity index (χ2v) is 4.96. The molecule has 3 nitrogen and oxygen atoms in total. The van der Waals surface area contributed by atoms with Crippen LogP contribution < -0.4 is 4.74 Å². The lowest BCUT2D eigenvalue weighted by atomic mass is 9.97. The van der Waals surface area contributed by atoms with Crippen molar-refractivity contribution in [1.82, 2.24) is 0 Å². The third-order valence-electron chi connectivity index (χ3n) is 3.70. The average Bonchev–Trinajstić information content (AvgIpc) is 2.60. The van der Waals surface area contributed by atoms with Crippen molar-refractivity contribution in [2.45, 2.75) is 0 Å². The first kappa shape index (κ1) is 14.1. The molecule has 0 amide bonds. The highest BCUT2D eigenvalue weighted by Crippen LogP contribution is 2.30. The predicted octanol–water partition coefficient (Wildman–Crippen LogP) is 4.30. The highest BCUT2D eigenvalue weighted by molar-refractivity contribution is 6.01. The number of fused-ring (bicyclic) bond motifs is 1. The highest BCUT2D eigenvalue weighted by atomic mass is 16.5. The van der Waals surface area contributed by atoms with Crippen molar-refractivity contribution in [3.05, 3.63) is 66.2 Å². The van der Waals surface area contributed by atoms with Crippen LogP contribution in [0.1, 0.15) is 10.4 Å². The van der Waals surface area contributed by atoms with Gasteiger partial charge in [0.15, 0.2) is 0 Å². The number of carbonyl (C=O) groups is 1. The van der Waals surface area contributed by atoms with Crippen molar-refractivity contribution >= 4 is 16.7 Å². The normalized spacial score (nSPS) is 10.5. The Hall–Kier alpha value is -2.81. The zero-order valence-corrected chi connectivity index (χ0v) is 12.5. The molecule has 0 aromatic heterocycles. The second-order valence-electron chi connectivity index (χ2n) is 4.96. The monoisotopic (exact) mass is 292 g/mol. The number of methoxy groups -OCH3 is 2. The Labute approximate surface area is 129 Å². The summed E-state index contributed by atoms with van der Waals surface area (Å²) in [6, 6.07) is 19.6. The summed E-state index contributed by atoms with van der Waals surface area (Å²) in [4.78, 5) is 11.7. The quantitative estimate of drug-likeness (QED) is 0.675. The third kappa shape index (κ3) is 2.53. The van der Waals surface area contributed by atoms with Gasteiger partial charge < -0.3 is 9.47 Å². The van der Waals surface area contributed by atoms with Gasteiger partial charge in [-0.15, -0.1) is 0 Å². The molecule has 0 aliphatic heterocycles. The van der Waals surface area contributed by atoms with Crippen molar-refractivity contribution in [1.29, 1.82) is 0 Å². The van der Waals surface area contributed by atoms with E-state index < -0.39 is 0 Å². The summed E-state index contributed by atoms with van der Waals surface area (Å²) in [7, 11) is 3.04. The Morgan fingerprint density at radius 2 is 1.68 bits per heavy atom. The molecule has 3 aromatic carbocycles. The van der Waals surface area contributed by atoms with E-state index in [1.165, 1.54) is 7.11 Å². The molecular weight excluding hydrogens is 276 g/mol. The fourth-order valence-electron chi connectivity index (χ4n) is 2.54. The Morgan fingerprint density at radius 3 is 2.36 bits per heavy atom. The van der Waals surface area contributed by atoms with Crippen LogP contribution in [0.4, 0.5) is 0 Å². The van der Waals surface area contributed by atoms with Gasteiger partial charge in [0.2, 0.25) is 0 Å². The molecule has 0 aliphatic carbocycles. The molecule has 3 aromatic rings. The maximum Gasteiger partial charge on any atom is 0.337 e. The maximum atomic E-state index is 11.7. The molecule has 0 saturated carbocycles. The van der Waals surface area contributed by atoms with E-state index in [1.807, 2.05) is 54.6 Å². The van der Waals surface area contributed by atoms with Crippen LogP contribution in [0.15, 0.2) is 60.7 Å². The van der Waals surface area contributed by atoms with Gasteiger partial charge in [0.1, 0.15) is 5.75 Å². The van der Waals surface area contributed by atoms with E-state index in [-0.39, 0.29) is 5.97 Å². The van der Waals surface area contributed by atoms with Crippen LogP contribution in [0.2, 0.25) is 0 Å². The number of ether oxygens (including phenoxy) is 2. The molecular formula is C19H16O3. The van der Waals surface area contributed by atoms with E-state index in [1.54, 1.807) is 13.2 Å². The molecule has 0 radical (unpaired) electrons. The molecule has 22 heavy (non-hydrogen) atoms. The molecule has 0 saturated heterocycles. The van der Waals surface area contributed by atoms with Crippen molar-refractivity contribution in [3.8, 4) is 16.9 Å². The van der Waals surface area contributed by atoms with Gasteiger partial charge in [0.25, 0.3) is 0 Å². The summed E-state index contributed by atoms with van der Waals surface area (Å²) in [6.45, 7) is 0. The molecule has 3 rings (SSSR count). The first-order valence-corrected chi connectivity index (χ1v) is 6.98. The lowest BCUT2D eigenvalue weighted by Gasteiger charge is -2.09. The Balaban J connectivity index is 2.17. The third-order valence-corrected chi connectivity index (χ3v) is 3.70. The fraction of sp³-hybridized carbons (Fsp3) is 0.105. The minimum atomic E-state index is -0.327. The van der Waals surface area contributed by atoms with Gasteiger partial charge in [-0.2, -0.15) is 0 Å². The van der Waals surface area contributed by atoms with E-state index >= 15 is 0 Å². The zero-order valence-electron chi connectivity index (χ0n) is 12.5. The number of rotatable bonds is 3. The van der Waals surface area contributed by atoms with E-state index in [4.69, 9.17) is 9.47 Å². The Morgan fingerprint density at radius 1 is 0.909 bits per heavy atom. The summed E-state index contributed by atoms with van der Waals surface area (Å²) in [5.74, 6) is 0.491. The van der Waals surface area contributed by atoms with Gasteiger partial charge in [0, 0.05) is 0 Å².